The smallest absolute Gasteiger partial charge is 0.270 e. The van der Waals surface area contributed by atoms with E-state index in [2.05, 4.69) is 0 Å². The van der Waals surface area contributed by atoms with Crippen LogP contribution in [0.3, 0.4) is 0 Å². The molecule has 1 fully saturated rings. The SMILES string of the molecule is Cc1cccc(OCCC(=O)N2CCN(S(=O)(=O)c3cccc([N+](=O)[O-])c3)CC2)c1C. The fourth-order valence-corrected chi connectivity index (χ4v) is 4.83. The number of nitro benzene ring substituents is 1. The van der Waals surface area contributed by atoms with E-state index in [4.69, 9.17) is 4.74 Å². The molecular weight excluding hydrogens is 422 g/mol. The Morgan fingerprint density at radius 3 is 2.45 bits per heavy atom. The molecular formula is C21H25N3O6S. The highest BCUT2D eigenvalue weighted by Crippen LogP contribution is 2.23. The monoisotopic (exact) mass is 447 g/mol. The minimum Gasteiger partial charge on any atom is -0.493 e. The van der Waals surface area contributed by atoms with Crippen LogP contribution in [0.5, 0.6) is 5.75 Å². The maximum atomic E-state index is 12.8. The third-order valence-corrected chi connectivity index (χ3v) is 7.28. The van der Waals surface area contributed by atoms with Crippen molar-refractivity contribution in [2.45, 2.75) is 25.2 Å². The maximum absolute atomic E-state index is 12.8. The van der Waals surface area contributed by atoms with Crippen molar-refractivity contribution in [2.75, 3.05) is 32.8 Å². The quantitative estimate of drug-likeness (QED) is 0.476. The van der Waals surface area contributed by atoms with E-state index in [1.807, 2.05) is 32.0 Å². The fourth-order valence-electron chi connectivity index (χ4n) is 3.37. The topological polar surface area (TPSA) is 110 Å². The molecule has 166 valence electrons. The van der Waals surface area contributed by atoms with Gasteiger partial charge in [-0.3, -0.25) is 14.9 Å². The average molecular weight is 448 g/mol. The van der Waals surface area contributed by atoms with Crippen LogP contribution in [0, 0.1) is 24.0 Å². The Hall–Kier alpha value is -2.98. The van der Waals surface area contributed by atoms with Crippen molar-refractivity contribution in [3.05, 3.63) is 63.7 Å². The standard InChI is InChI=1S/C21H25N3O6S/c1-16-5-3-8-20(17(16)2)30-14-9-21(25)22-10-12-23(13-11-22)31(28,29)19-7-4-6-18(15-19)24(26)27/h3-8,15H,9-14H2,1-2H3. The second kappa shape index (κ2) is 9.44. The summed E-state index contributed by atoms with van der Waals surface area (Å²) in [6.45, 7) is 4.99. The number of sulfonamides is 1. The maximum Gasteiger partial charge on any atom is 0.270 e. The fraction of sp³-hybridized carbons (Fsp3) is 0.381. The van der Waals surface area contributed by atoms with E-state index < -0.39 is 14.9 Å². The largest absolute Gasteiger partial charge is 0.493 e. The van der Waals surface area contributed by atoms with Gasteiger partial charge in [0.2, 0.25) is 15.9 Å². The molecule has 0 unspecified atom stereocenters. The summed E-state index contributed by atoms with van der Waals surface area (Å²) >= 11 is 0. The van der Waals surface area contributed by atoms with Gasteiger partial charge in [-0.25, -0.2) is 8.42 Å². The van der Waals surface area contributed by atoms with Crippen LogP contribution in [-0.4, -0.2) is 61.2 Å². The summed E-state index contributed by atoms with van der Waals surface area (Å²) in [6.07, 6.45) is 0.199. The van der Waals surface area contributed by atoms with Crippen LogP contribution in [0.2, 0.25) is 0 Å². The first-order valence-electron chi connectivity index (χ1n) is 9.91. The third kappa shape index (κ3) is 5.20. The highest BCUT2D eigenvalue weighted by Gasteiger charge is 2.30. The highest BCUT2D eigenvalue weighted by atomic mass is 32.2. The number of aryl methyl sites for hydroxylation is 1. The molecule has 0 aromatic heterocycles. The lowest BCUT2D eigenvalue weighted by Gasteiger charge is -2.34. The lowest BCUT2D eigenvalue weighted by molar-refractivity contribution is -0.385. The van der Waals surface area contributed by atoms with Gasteiger partial charge in [-0.2, -0.15) is 4.31 Å². The number of rotatable bonds is 7. The van der Waals surface area contributed by atoms with Crippen LogP contribution in [0.15, 0.2) is 47.4 Å². The van der Waals surface area contributed by atoms with Gasteiger partial charge in [-0.15, -0.1) is 0 Å². The van der Waals surface area contributed by atoms with Gasteiger partial charge in [0.25, 0.3) is 5.69 Å². The lowest BCUT2D eigenvalue weighted by atomic mass is 10.1. The van der Waals surface area contributed by atoms with Gasteiger partial charge in [0.05, 0.1) is 22.8 Å². The van der Waals surface area contributed by atoms with Gasteiger partial charge >= 0.3 is 0 Å². The van der Waals surface area contributed by atoms with Crippen molar-refractivity contribution in [1.82, 2.24) is 9.21 Å². The lowest BCUT2D eigenvalue weighted by Crippen LogP contribution is -2.50. The van der Waals surface area contributed by atoms with Crippen LogP contribution in [-0.2, 0) is 14.8 Å². The predicted molar refractivity (Wildman–Crippen MR) is 114 cm³/mol. The Kier molecular flexibility index (Phi) is 6.91. The minimum atomic E-state index is -3.86. The first kappa shape index (κ1) is 22.7. The van der Waals surface area contributed by atoms with Crippen LogP contribution in [0.25, 0.3) is 0 Å². The molecule has 1 aliphatic heterocycles. The molecule has 0 radical (unpaired) electrons. The van der Waals surface area contributed by atoms with E-state index in [0.29, 0.717) is 0 Å². The van der Waals surface area contributed by atoms with E-state index in [-0.39, 0.29) is 55.7 Å². The number of benzene rings is 2. The summed E-state index contributed by atoms with van der Waals surface area (Å²) in [5.41, 5.74) is 1.87. The summed E-state index contributed by atoms with van der Waals surface area (Å²) in [6, 6.07) is 10.7. The molecule has 9 nitrogen and oxygen atoms in total. The number of hydrogen-bond donors (Lipinski definition) is 0. The van der Waals surface area contributed by atoms with Crippen molar-refractivity contribution < 1.29 is 22.9 Å². The number of carbonyl (C=O) groups is 1. The number of nitrogens with zero attached hydrogens (tertiary/aromatic N) is 3. The molecule has 0 N–H and O–H groups in total. The van der Waals surface area contributed by atoms with Gasteiger partial charge < -0.3 is 9.64 Å². The number of non-ortho nitro benzene ring substituents is 1. The number of hydrogen-bond acceptors (Lipinski definition) is 6. The third-order valence-electron chi connectivity index (χ3n) is 5.39. The van der Waals surface area contributed by atoms with Crippen molar-refractivity contribution in [1.29, 1.82) is 0 Å². The summed E-state index contributed by atoms with van der Waals surface area (Å²) in [4.78, 5) is 24.3. The normalized spacial score (nSPS) is 15.0. The van der Waals surface area contributed by atoms with Gasteiger partial charge in [0, 0.05) is 38.3 Å². The second-order valence-corrected chi connectivity index (χ2v) is 9.27. The zero-order valence-electron chi connectivity index (χ0n) is 17.5. The molecule has 0 bridgehead atoms. The zero-order chi connectivity index (χ0) is 22.6. The summed E-state index contributed by atoms with van der Waals surface area (Å²) in [5.74, 6) is 0.651. The first-order chi connectivity index (χ1) is 14.7. The van der Waals surface area contributed by atoms with E-state index in [1.165, 1.54) is 22.5 Å². The molecule has 0 spiro atoms. The van der Waals surface area contributed by atoms with Crippen LogP contribution < -0.4 is 4.74 Å². The number of nitro groups is 1. The second-order valence-electron chi connectivity index (χ2n) is 7.34. The number of ether oxygens (including phenoxy) is 1. The summed E-state index contributed by atoms with van der Waals surface area (Å²) in [7, 11) is -3.86. The number of piperazine rings is 1. The Balaban J connectivity index is 1.54. The Morgan fingerprint density at radius 1 is 1.10 bits per heavy atom. The highest BCUT2D eigenvalue weighted by molar-refractivity contribution is 7.89. The Bertz CT molecular complexity index is 1080. The summed E-state index contributed by atoms with van der Waals surface area (Å²) in [5, 5.41) is 10.9. The van der Waals surface area contributed by atoms with Gasteiger partial charge in [0.1, 0.15) is 5.75 Å². The zero-order valence-corrected chi connectivity index (χ0v) is 18.3. The molecule has 2 aromatic carbocycles. The van der Waals surface area contributed by atoms with Crippen molar-refractivity contribution in [3.8, 4) is 5.75 Å². The molecule has 1 saturated heterocycles. The number of carbonyl (C=O) groups excluding carboxylic acids is 1. The van der Waals surface area contributed by atoms with Crippen LogP contribution in [0.1, 0.15) is 17.5 Å². The Morgan fingerprint density at radius 2 is 1.77 bits per heavy atom. The summed E-state index contributed by atoms with van der Waals surface area (Å²) < 4.78 is 32.6. The molecule has 2 aromatic rings. The van der Waals surface area contributed by atoms with E-state index in [1.54, 1.807) is 4.90 Å². The molecule has 0 saturated carbocycles. The van der Waals surface area contributed by atoms with Gasteiger partial charge in [-0.1, -0.05) is 18.2 Å². The molecule has 0 atom stereocenters. The van der Waals surface area contributed by atoms with Gasteiger partial charge in [0.15, 0.2) is 0 Å². The molecule has 10 heteroatoms. The Labute approximate surface area is 181 Å². The van der Waals surface area contributed by atoms with Gasteiger partial charge in [-0.05, 0) is 37.1 Å². The van der Waals surface area contributed by atoms with E-state index in [0.717, 1.165) is 22.9 Å². The van der Waals surface area contributed by atoms with E-state index in [9.17, 15) is 23.3 Å². The van der Waals surface area contributed by atoms with Crippen molar-refractivity contribution in [3.63, 3.8) is 0 Å². The van der Waals surface area contributed by atoms with Crippen molar-refractivity contribution >= 4 is 21.6 Å². The average Bonchev–Trinajstić information content (AvgIpc) is 2.76. The van der Waals surface area contributed by atoms with E-state index >= 15 is 0 Å². The molecule has 1 heterocycles. The molecule has 3 rings (SSSR count). The number of amides is 1. The van der Waals surface area contributed by atoms with Crippen molar-refractivity contribution in [2.24, 2.45) is 0 Å². The minimum absolute atomic E-state index is 0.0993. The predicted octanol–water partition coefficient (Wildman–Crippen LogP) is 2.51. The molecule has 31 heavy (non-hydrogen) atoms. The molecule has 1 amide bonds. The molecule has 0 aliphatic carbocycles. The molecule has 1 aliphatic rings. The van der Waals surface area contributed by atoms with Crippen LogP contribution in [0.4, 0.5) is 5.69 Å². The first-order valence-corrected chi connectivity index (χ1v) is 11.4. The van der Waals surface area contributed by atoms with Crippen LogP contribution >= 0.6 is 0 Å².